The molecule has 0 aromatic heterocycles. The van der Waals surface area contributed by atoms with Gasteiger partial charge in [-0.3, -0.25) is 4.90 Å². The summed E-state index contributed by atoms with van der Waals surface area (Å²) >= 11 is 0. The molecule has 0 bridgehead atoms. The fourth-order valence-corrected chi connectivity index (χ4v) is 3.11. The van der Waals surface area contributed by atoms with E-state index in [9.17, 15) is 0 Å². The van der Waals surface area contributed by atoms with Crippen molar-refractivity contribution in [3.8, 4) is 0 Å². The van der Waals surface area contributed by atoms with Crippen molar-refractivity contribution >= 4 is 0 Å². The van der Waals surface area contributed by atoms with E-state index in [0.29, 0.717) is 18.2 Å². The van der Waals surface area contributed by atoms with Gasteiger partial charge in [0.1, 0.15) is 0 Å². The minimum atomic E-state index is 0.386. The van der Waals surface area contributed by atoms with Crippen molar-refractivity contribution in [3.63, 3.8) is 0 Å². The third-order valence-electron chi connectivity index (χ3n) is 4.56. The lowest BCUT2D eigenvalue weighted by atomic mass is 10.0. The molecule has 1 unspecified atom stereocenters. The molecule has 19 heavy (non-hydrogen) atoms. The highest BCUT2D eigenvalue weighted by atomic mass is 16.5. The largest absolute Gasteiger partial charge is 0.374 e. The van der Waals surface area contributed by atoms with Gasteiger partial charge in [-0.25, -0.2) is 0 Å². The molecule has 2 aliphatic rings. The van der Waals surface area contributed by atoms with Gasteiger partial charge in [0.2, 0.25) is 0 Å². The quantitative estimate of drug-likeness (QED) is 0.811. The van der Waals surface area contributed by atoms with Crippen LogP contribution in [0.2, 0.25) is 0 Å². The molecule has 4 nitrogen and oxygen atoms in total. The summed E-state index contributed by atoms with van der Waals surface area (Å²) in [4.78, 5) is 5.06. The Balaban J connectivity index is 1.63. The van der Waals surface area contributed by atoms with Crippen LogP contribution in [0.4, 0.5) is 0 Å². The normalized spacial score (nSPS) is 28.1. The minimum absolute atomic E-state index is 0.386. The number of nitrogens with zero attached hydrogens (tertiary/aromatic N) is 2. The van der Waals surface area contributed by atoms with Gasteiger partial charge in [0.25, 0.3) is 0 Å². The second kappa shape index (κ2) is 7.58. The number of hydrogen-bond donors (Lipinski definition) is 1. The standard InChI is InChI=1S/C15H31N3O/c1-4-17-9-10-19-15(12-17)11-16-14-5-7-18(8-6-14)13(2)3/h13-16H,4-12H2,1-3H3. The summed E-state index contributed by atoms with van der Waals surface area (Å²) in [6, 6.07) is 1.39. The molecule has 0 radical (unpaired) electrons. The predicted octanol–water partition coefficient (Wildman–Crippen LogP) is 1.17. The van der Waals surface area contributed by atoms with Gasteiger partial charge in [-0.2, -0.15) is 0 Å². The van der Waals surface area contributed by atoms with E-state index in [1.807, 2.05) is 0 Å². The van der Waals surface area contributed by atoms with Gasteiger partial charge in [-0.15, -0.1) is 0 Å². The lowest BCUT2D eigenvalue weighted by Crippen LogP contribution is -2.50. The Morgan fingerprint density at radius 2 is 1.95 bits per heavy atom. The smallest absolute Gasteiger partial charge is 0.0826 e. The number of likely N-dealkylation sites (N-methyl/N-ethyl adjacent to an activating group) is 1. The summed E-state index contributed by atoms with van der Waals surface area (Å²) < 4.78 is 5.85. The Morgan fingerprint density at radius 3 is 2.58 bits per heavy atom. The molecule has 2 saturated heterocycles. The molecule has 0 spiro atoms. The molecule has 4 heteroatoms. The van der Waals surface area contributed by atoms with Crippen LogP contribution in [-0.4, -0.2) is 73.9 Å². The predicted molar refractivity (Wildman–Crippen MR) is 79.6 cm³/mol. The van der Waals surface area contributed by atoms with Crippen LogP contribution >= 0.6 is 0 Å². The van der Waals surface area contributed by atoms with E-state index in [0.717, 1.165) is 32.8 Å². The molecule has 0 amide bonds. The maximum absolute atomic E-state index is 5.85. The summed E-state index contributed by atoms with van der Waals surface area (Å²) in [5.41, 5.74) is 0. The zero-order valence-corrected chi connectivity index (χ0v) is 12.9. The molecule has 0 aliphatic carbocycles. The summed E-state index contributed by atoms with van der Waals surface area (Å²) in [7, 11) is 0. The van der Waals surface area contributed by atoms with E-state index in [1.165, 1.54) is 25.9 Å². The molecule has 1 atom stereocenters. The molecule has 2 heterocycles. The minimum Gasteiger partial charge on any atom is -0.374 e. The van der Waals surface area contributed by atoms with Crippen LogP contribution in [0, 0.1) is 0 Å². The second-order valence-corrected chi connectivity index (χ2v) is 6.20. The average Bonchev–Trinajstić information content (AvgIpc) is 2.46. The van der Waals surface area contributed by atoms with E-state index in [2.05, 4.69) is 35.9 Å². The molecular formula is C15H31N3O. The first-order chi connectivity index (χ1) is 9.19. The highest BCUT2D eigenvalue weighted by Gasteiger charge is 2.23. The topological polar surface area (TPSA) is 27.7 Å². The number of rotatable bonds is 5. The van der Waals surface area contributed by atoms with Gasteiger partial charge in [0.15, 0.2) is 0 Å². The van der Waals surface area contributed by atoms with Gasteiger partial charge in [0.05, 0.1) is 12.7 Å². The maximum atomic E-state index is 5.85. The van der Waals surface area contributed by atoms with Crippen molar-refractivity contribution in [2.45, 2.75) is 51.8 Å². The molecule has 2 fully saturated rings. The van der Waals surface area contributed by atoms with Gasteiger partial charge in [-0.05, 0) is 46.3 Å². The van der Waals surface area contributed by atoms with E-state index in [-0.39, 0.29) is 0 Å². The van der Waals surface area contributed by atoms with Crippen LogP contribution in [-0.2, 0) is 4.74 Å². The van der Waals surface area contributed by atoms with Gasteiger partial charge < -0.3 is 15.0 Å². The average molecular weight is 269 g/mol. The molecule has 0 aromatic rings. The third-order valence-corrected chi connectivity index (χ3v) is 4.56. The Labute approximate surface area is 118 Å². The first-order valence-corrected chi connectivity index (χ1v) is 8.00. The van der Waals surface area contributed by atoms with E-state index >= 15 is 0 Å². The first kappa shape index (κ1) is 15.2. The number of ether oxygens (including phenoxy) is 1. The van der Waals surface area contributed by atoms with Crippen molar-refractivity contribution in [2.24, 2.45) is 0 Å². The summed E-state index contributed by atoms with van der Waals surface area (Å²) in [6.07, 6.45) is 2.95. The lowest BCUT2D eigenvalue weighted by molar-refractivity contribution is -0.0272. The Morgan fingerprint density at radius 1 is 1.21 bits per heavy atom. The fourth-order valence-electron chi connectivity index (χ4n) is 3.11. The van der Waals surface area contributed by atoms with E-state index in [4.69, 9.17) is 4.74 Å². The SMILES string of the molecule is CCN1CCOC(CNC2CCN(C(C)C)CC2)C1. The van der Waals surface area contributed by atoms with Gasteiger partial charge in [-0.1, -0.05) is 6.92 Å². The van der Waals surface area contributed by atoms with Crippen molar-refractivity contribution in [1.82, 2.24) is 15.1 Å². The monoisotopic (exact) mass is 269 g/mol. The van der Waals surface area contributed by atoms with Crippen LogP contribution in [0.5, 0.6) is 0 Å². The lowest BCUT2D eigenvalue weighted by Gasteiger charge is -2.37. The number of nitrogens with one attached hydrogen (secondary N) is 1. The maximum Gasteiger partial charge on any atom is 0.0826 e. The summed E-state index contributed by atoms with van der Waals surface area (Å²) in [5.74, 6) is 0. The molecule has 112 valence electrons. The second-order valence-electron chi connectivity index (χ2n) is 6.20. The van der Waals surface area contributed by atoms with Crippen LogP contribution in [0.25, 0.3) is 0 Å². The first-order valence-electron chi connectivity index (χ1n) is 8.00. The van der Waals surface area contributed by atoms with Crippen molar-refractivity contribution in [3.05, 3.63) is 0 Å². The molecular weight excluding hydrogens is 238 g/mol. The Kier molecular flexibility index (Phi) is 6.07. The molecule has 2 aliphatic heterocycles. The van der Waals surface area contributed by atoms with E-state index in [1.54, 1.807) is 0 Å². The summed E-state index contributed by atoms with van der Waals surface area (Å²) in [5, 5.41) is 3.72. The van der Waals surface area contributed by atoms with E-state index < -0.39 is 0 Å². The zero-order valence-electron chi connectivity index (χ0n) is 12.9. The number of piperidine rings is 1. The highest BCUT2D eigenvalue weighted by molar-refractivity contribution is 4.81. The van der Waals surface area contributed by atoms with Crippen LogP contribution in [0.15, 0.2) is 0 Å². The molecule has 2 rings (SSSR count). The number of likely N-dealkylation sites (tertiary alicyclic amines) is 1. The highest BCUT2D eigenvalue weighted by Crippen LogP contribution is 2.13. The van der Waals surface area contributed by atoms with Crippen molar-refractivity contribution in [2.75, 3.05) is 45.9 Å². The van der Waals surface area contributed by atoms with Crippen LogP contribution in [0.3, 0.4) is 0 Å². The third kappa shape index (κ3) is 4.71. The molecule has 0 aromatic carbocycles. The van der Waals surface area contributed by atoms with Crippen LogP contribution in [0.1, 0.15) is 33.6 Å². The summed E-state index contributed by atoms with van der Waals surface area (Å²) in [6.45, 7) is 14.5. The van der Waals surface area contributed by atoms with Gasteiger partial charge >= 0.3 is 0 Å². The molecule has 1 N–H and O–H groups in total. The van der Waals surface area contributed by atoms with Crippen molar-refractivity contribution in [1.29, 1.82) is 0 Å². The Hall–Kier alpha value is -0.160. The molecule has 0 saturated carbocycles. The van der Waals surface area contributed by atoms with Crippen LogP contribution < -0.4 is 5.32 Å². The Bertz CT molecular complexity index is 252. The van der Waals surface area contributed by atoms with Gasteiger partial charge in [0, 0.05) is 31.7 Å². The number of hydrogen-bond acceptors (Lipinski definition) is 4. The van der Waals surface area contributed by atoms with Crippen molar-refractivity contribution < 1.29 is 4.74 Å². The number of morpholine rings is 1. The zero-order chi connectivity index (χ0) is 13.7. The fraction of sp³-hybridized carbons (Fsp3) is 1.00.